The topological polar surface area (TPSA) is 53.9 Å². The zero-order valence-electron chi connectivity index (χ0n) is 19.6. The first kappa shape index (κ1) is 20.1. The first-order valence-corrected chi connectivity index (χ1v) is 11.8. The van der Waals surface area contributed by atoms with Gasteiger partial charge in [-0.25, -0.2) is 4.98 Å². The van der Waals surface area contributed by atoms with Crippen molar-refractivity contribution in [3.05, 3.63) is 77.5 Å². The number of rotatable bonds is 4. The number of pyridine rings is 1. The summed E-state index contributed by atoms with van der Waals surface area (Å²) < 4.78 is 0. The molecule has 4 heteroatoms. The quantitative estimate of drug-likeness (QED) is 0.371. The third-order valence-corrected chi connectivity index (χ3v) is 6.91. The molecule has 0 saturated carbocycles. The van der Waals surface area contributed by atoms with Crippen molar-refractivity contribution < 1.29 is 0 Å². The van der Waals surface area contributed by atoms with Gasteiger partial charge in [0.2, 0.25) is 0 Å². The minimum atomic E-state index is 0.385. The monoisotopic (exact) mass is 432 g/mol. The molecule has 1 N–H and O–H groups in total. The third-order valence-electron chi connectivity index (χ3n) is 6.91. The Morgan fingerprint density at radius 2 is 1.64 bits per heavy atom. The lowest BCUT2D eigenvalue weighted by atomic mass is 9.95. The molecule has 0 fully saturated rings. The van der Waals surface area contributed by atoms with Crippen LogP contribution in [0.2, 0.25) is 0 Å². The highest BCUT2D eigenvalue weighted by atomic mass is 14.9. The smallest absolute Gasteiger partial charge is 0.109 e. The van der Waals surface area contributed by atoms with Gasteiger partial charge in [0.15, 0.2) is 0 Å². The van der Waals surface area contributed by atoms with E-state index in [9.17, 15) is 0 Å². The molecule has 0 unspecified atom stereocenters. The van der Waals surface area contributed by atoms with Gasteiger partial charge in [0.25, 0.3) is 0 Å². The Bertz CT molecular complexity index is 1470. The Balaban J connectivity index is 1.29. The Hall–Kier alpha value is -3.53. The molecule has 4 aromatic rings. The lowest BCUT2D eigenvalue weighted by molar-refractivity contribution is 0.795. The van der Waals surface area contributed by atoms with Crippen molar-refractivity contribution in [1.29, 1.82) is 0 Å². The van der Waals surface area contributed by atoms with E-state index in [2.05, 4.69) is 80.1 Å². The van der Waals surface area contributed by atoms with E-state index in [4.69, 9.17) is 9.98 Å². The third kappa shape index (κ3) is 3.41. The fraction of sp³-hybridized carbons (Fsp3) is 0.276. The molecule has 1 aliphatic carbocycles. The maximum Gasteiger partial charge on any atom is 0.109 e. The van der Waals surface area contributed by atoms with Crippen LogP contribution in [0.15, 0.2) is 65.5 Å². The van der Waals surface area contributed by atoms with Crippen LogP contribution >= 0.6 is 0 Å². The lowest BCUT2D eigenvalue weighted by Crippen LogP contribution is -2.05. The van der Waals surface area contributed by atoms with Gasteiger partial charge in [-0.15, -0.1) is 0 Å². The molecule has 1 aliphatic heterocycles. The van der Waals surface area contributed by atoms with Gasteiger partial charge >= 0.3 is 0 Å². The minimum Gasteiger partial charge on any atom is -0.342 e. The Labute approximate surface area is 194 Å². The summed E-state index contributed by atoms with van der Waals surface area (Å²) in [4.78, 5) is 17.7. The molecule has 164 valence electrons. The molecule has 2 aliphatic rings. The summed E-state index contributed by atoms with van der Waals surface area (Å²) >= 11 is 0. The lowest BCUT2D eigenvalue weighted by Gasteiger charge is -2.10. The van der Waals surface area contributed by atoms with E-state index in [1.165, 1.54) is 39.1 Å². The van der Waals surface area contributed by atoms with Gasteiger partial charge in [-0.2, -0.15) is 0 Å². The molecule has 33 heavy (non-hydrogen) atoms. The van der Waals surface area contributed by atoms with Crippen LogP contribution in [0.3, 0.4) is 0 Å². The summed E-state index contributed by atoms with van der Waals surface area (Å²) in [6.45, 7) is 8.76. The van der Waals surface area contributed by atoms with Crippen molar-refractivity contribution in [3.8, 4) is 22.5 Å². The number of hydrogen-bond donors (Lipinski definition) is 1. The minimum absolute atomic E-state index is 0.385. The van der Waals surface area contributed by atoms with Crippen LogP contribution in [0.5, 0.6) is 0 Å². The van der Waals surface area contributed by atoms with Crippen LogP contribution < -0.4 is 0 Å². The van der Waals surface area contributed by atoms with E-state index >= 15 is 0 Å². The zero-order chi connectivity index (χ0) is 22.7. The van der Waals surface area contributed by atoms with E-state index in [1.807, 2.05) is 12.4 Å². The van der Waals surface area contributed by atoms with Crippen molar-refractivity contribution in [2.45, 2.75) is 46.5 Å². The highest BCUT2D eigenvalue weighted by Crippen LogP contribution is 2.42. The molecule has 3 heterocycles. The summed E-state index contributed by atoms with van der Waals surface area (Å²) in [5.74, 6) is 1.92. The fourth-order valence-corrected chi connectivity index (χ4v) is 4.91. The van der Waals surface area contributed by atoms with Crippen LogP contribution in [-0.4, -0.2) is 20.7 Å². The molecule has 0 spiro atoms. The number of H-pyrrole nitrogens is 1. The van der Waals surface area contributed by atoms with Crippen LogP contribution in [0.1, 0.15) is 57.0 Å². The van der Waals surface area contributed by atoms with Gasteiger partial charge in [0, 0.05) is 52.9 Å². The molecule has 6 rings (SSSR count). The summed E-state index contributed by atoms with van der Waals surface area (Å²) in [5, 5.41) is 2.33. The van der Waals surface area contributed by atoms with Gasteiger partial charge in [-0.1, -0.05) is 52.0 Å². The second-order valence-corrected chi connectivity index (χ2v) is 9.88. The normalized spacial score (nSPS) is 15.0. The molecule has 0 bridgehead atoms. The SMILES string of the molecule is CC(C)C1=NC2=C(C1)c1ccc(-c3cc4ccc(-c5cnc(C(C)C)[nH]5)cc4cn3)cc1C2. The van der Waals surface area contributed by atoms with E-state index in [1.54, 1.807) is 0 Å². The van der Waals surface area contributed by atoms with Crippen LogP contribution in [0, 0.1) is 5.92 Å². The average Bonchev–Trinajstić information content (AvgIpc) is 3.52. The summed E-state index contributed by atoms with van der Waals surface area (Å²) in [6, 6.07) is 15.5. The highest BCUT2D eigenvalue weighted by molar-refractivity contribution is 6.02. The highest BCUT2D eigenvalue weighted by Gasteiger charge is 2.28. The Morgan fingerprint density at radius 1 is 0.788 bits per heavy atom. The average molecular weight is 433 g/mol. The number of allylic oxidation sites excluding steroid dienone is 2. The second-order valence-electron chi connectivity index (χ2n) is 9.88. The molecular weight excluding hydrogens is 404 g/mol. The Morgan fingerprint density at radius 3 is 2.42 bits per heavy atom. The van der Waals surface area contributed by atoms with E-state index in [0.717, 1.165) is 41.0 Å². The van der Waals surface area contributed by atoms with Gasteiger partial charge in [0.1, 0.15) is 5.82 Å². The van der Waals surface area contributed by atoms with Crippen molar-refractivity contribution in [2.24, 2.45) is 10.9 Å². The van der Waals surface area contributed by atoms with Gasteiger partial charge in [0.05, 0.1) is 17.6 Å². The number of nitrogens with one attached hydrogen (secondary N) is 1. The predicted octanol–water partition coefficient (Wildman–Crippen LogP) is 7.18. The number of fused-ring (bicyclic) bond motifs is 3. The molecule has 4 nitrogen and oxygen atoms in total. The second kappa shape index (κ2) is 7.51. The number of hydrogen-bond acceptors (Lipinski definition) is 3. The number of nitrogens with zero attached hydrogens (tertiary/aromatic N) is 3. The van der Waals surface area contributed by atoms with Crippen LogP contribution in [0.25, 0.3) is 38.9 Å². The maximum absolute atomic E-state index is 4.93. The first-order valence-electron chi connectivity index (χ1n) is 11.8. The first-order chi connectivity index (χ1) is 16.0. The molecular formula is C29H28N4. The number of aliphatic imine (C=N–C) groups is 1. The van der Waals surface area contributed by atoms with Gasteiger partial charge in [-0.3, -0.25) is 9.98 Å². The standard InChI is InChI=1S/C29H28N4/c1-16(2)25-13-24-23-8-7-19(9-21(23)12-27(24)32-25)26-11-18-5-6-20(10-22(18)14-30-26)28-15-31-29(33-28)17(3)4/h5-11,14-17H,12-13H2,1-4H3,(H,31,33). The number of benzene rings is 2. The molecule has 0 atom stereocenters. The van der Waals surface area contributed by atoms with Crippen molar-refractivity contribution in [3.63, 3.8) is 0 Å². The van der Waals surface area contributed by atoms with Crippen molar-refractivity contribution >= 4 is 22.1 Å². The molecule has 2 aromatic carbocycles. The van der Waals surface area contributed by atoms with E-state index in [0.29, 0.717) is 11.8 Å². The molecule has 2 aromatic heterocycles. The number of imidazole rings is 1. The van der Waals surface area contributed by atoms with Gasteiger partial charge in [-0.05, 0) is 46.2 Å². The summed E-state index contributed by atoms with van der Waals surface area (Å²) in [5.41, 5.74) is 11.1. The van der Waals surface area contributed by atoms with Crippen LogP contribution in [-0.2, 0) is 6.42 Å². The van der Waals surface area contributed by atoms with Crippen molar-refractivity contribution in [1.82, 2.24) is 15.0 Å². The predicted molar refractivity (Wildman–Crippen MR) is 136 cm³/mol. The number of aromatic amines is 1. The zero-order valence-corrected chi connectivity index (χ0v) is 19.6. The van der Waals surface area contributed by atoms with E-state index < -0.39 is 0 Å². The summed E-state index contributed by atoms with van der Waals surface area (Å²) in [7, 11) is 0. The molecule has 0 radical (unpaired) electrons. The van der Waals surface area contributed by atoms with Gasteiger partial charge < -0.3 is 4.98 Å². The molecule has 0 saturated heterocycles. The largest absolute Gasteiger partial charge is 0.342 e. The fourth-order valence-electron chi connectivity index (χ4n) is 4.91. The van der Waals surface area contributed by atoms with Crippen LogP contribution in [0.4, 0.5) is 0 Å². The molecule has 0 amide bonds. The summed E-state index contributed by atoms with van der Waals surface area (Å²) in [6.07, 6.45) is 5.85. The maximum atomic E-state index is 4.93. The van der Waals surface area contributed by atoms with E-state index in [-0.39, 0.29) is 0 Å². The number of aromatic nitrogens is 3. The van der Waals surface area contributed by atoms with Crippen molar-refractivity contribution in [2.75, 3.05) is 0 Å². The Kier molecular flexibility index (Phi) is 4.58.